The van der Waals surface area contributed by atoms with Crippen LogP contribution in [0.2, 0.25) is 0 Å². The van der Waals surface area contributed by atoms with E-state index in [1.807, 2.05) is 24.5 Å². The van der Waals surface area contributed by atoms with Gasteiger partial charge in [0.25, 0.3) is 0 Å². The number of aliphatic hydroxyl groups excluding tert-OH is 1. The summed E-state index contributed by atoms with van der Waals surface area (Å²) >= 11 is 0. The van der Waals surface area contributed by atoms with Crippen LogP contribution in [0.4, 0.5) is 0 Å². The van der Waals surface area contributed by atoms with E-state index in [0.29, 0.717) is 18.6 Å². The fourth-order valence-corrected chi connectivity index (χ4v) is 2.27. The minimum atomic E-state index is 0.314. The van der Waals surface area contributed by atoms with Crippen LogP contribution in [0.5, 0.6) is 0 Å². The summed E-state index contributed by atoms with van der Waals surface area (Å²) < 4.78 is 0. The van der Waals surface area contributed by atoms with E-state index in [-0.39, 0.29) is 0 Å². The van der Waals surface area contributed by atoms with Gasteiger partial charge < -0.3 is 10.4 Å². The fourth-order valence-electron chi connectivity index (χ4n) is 2.27. The van der Waals surface area contributed by atoms with E-state index < -0.39 is 0 Å². The highest BCUT2D eigenvalue weighted by atomic mass is 16.3. The summed E-state index contributed by atoms with van der Waals surface area (Å²) in [6.45, 7) is 1.19. The zero-order valence-corrected chi connectivity index (χ0v) is 8.89. The van der Waals surface area contributed by atoms with Gasteiger partial charge in [-0.3, -0.25) is 4.98 Å². The standard InChI is InChI=1S/C12H18N2O/c15-9-11-2-1-3-12(11)14-8-10-4-6-13-7-5-10/h4-7,11-12,14-15H,1-3,8-9H2. The Morgan fingerprint density at radius 3 is 2.87 bits per heavy atom. The molecule has 82 valence electrons. The zero-order valence-electron chi connectivity index (χ0n) is 8.89. The van der Waals surface area contributed by atoms with Gasteiger partial charge in [0.2, 0.25) is 0 Å². The highest BCUT2D eigenvalue weighted by Crippen LogP contribution is 2.25. The third kappa shape index (κ3) is 2.76. The predicted octanol–water partition coefficient (Wildman–Crippen LogP) is 1.33. The molecule has 2 atom stereocenters. The third-order valence-electron chi connectivity index (χ3n) is 3.21. The maximum atomic E-state index is 9.18. The van der Waals surface area contributed by atoms with Crippen LogP contribution >= 0.6 is 0 Å². The van der Waals surface area contributed by atoms with Gasteiger partial charge in [0.15, 0.2) is 0 Å². The monoisotopic (exact) mass is 206 g/mol. The van der Waals surface area contributed by atoms with Crippen molar-refractivity contribution in [3.63, 3.8) is 0 Å². The number of aliphatic hydroxyl groups is 1. The van der Waals surface area contributed by atoms with Crippen LogP contribution in [-0.4, -0.2) is 22.7 Å². The number of aromatic nitrogens is 1. The van der Waals surface area contributed by atoms with Crippen molar-refractivity contribution >= 4 is 0 Å². The maximum Gasteiger partial charge on any atom is 0.0474 e. The van der Waals surface area contributed by atoms with Crippen LogP contribution in [0.15, 0.2) is 24.5 Å². The van der Waals surface area contributed by atoms with Gasteiger partial charge in [0, 0.05) is 31.6 Å². The van der Waals surface area contributed by atoms with Crippen molar-refractivity contribution in [2.75, 3.05) is 6.61 Å². The molecule has 2 rings (SSSR count). The van der Waals surface area contributed by atoms with Gasteiger partial charge in [-0.2, -0.15) is 0 Å². The second-order valence-corrected chi connectivity index (χ2v) is 4.22. The minimum Gasteiger partial charge on any atom is -0.396 e. The van der Waals surface area contributed by atoms with Gasteiger partial charge in [-0.15, -0.1) is 0 Å². The molecular weight excluding hydrogens is 188 g/mol. The van der Waals surface area contributed by atoms with E-state index in [1.165, 1.54) is 18.4 Å². The zero-order chi connectivity index (χ0) is 10.5. The summed E-state index contributed by atoms with van der Waals surface area (Å²) in [5.74, 6) is 0.451. The molecule has 1 heterocycles. The van der Waals surface area contributed by atoms with Gasteiger partial charge in [-0.1, -0.05) is 6.42 Å². The molecule has 1 aliphatic rings. The Morgan fingerprint density at radius 1 is 1.33 bits per heavy atom. The average molecular weight is 206 g/mol. The van der Waals surface area contributed by atoms with Crippen molar-refractivity contribution in [2.24, 2.45) is 5.92 Å². The molecule has 15 heavy (non-hydrogen) atoms. The Labute approximate surface area is 90.5 Å². The second kappa shape index (κ2) is 5.24. The van der Waals surface area contributed by atoms with Crippen molar-refractivity contribution in [3.8, 4) is 0 Å². The summed E-state index contributed by atoms with van der Waals surface area (Å²) in [7, 11) is 0. The quantitative estimate of drug-likeness (QED) is 0.781. The molecule has 3 nitrogen and oxygen atoms in total. The van der Waals surface area contributed by atoms with Crippen molar-refractivity contribution in [1.29, 1.82) is 0 Å². The van der Waals surface area contributed by atoms with E-state index in [9.17, 15) is 5.11 Å². The first kappa shape index (κ1) is 10.6. The molecule has 1 fully saturated rings. The molecule has 2 unspecified atom stereocenters. The van der Waals surface area contributed by atoms with Gasteiger partial charge >= 0.3 is 0 Å². The van der Waals surface area contributed by atoms with Crippen molar-refractivity contribution < 1.29 is 5.11 Å². The Hall–Kier alpha value is -0.930. The molecule has 1 aromatic rings. The first-order chi connectivity index (χ1) is 7.40. The summed E-state index contributed by atoms with van der Waals surface area (Å²) in [4.78, 5) is 3.99. The molecule has 0 bridgehead atoms. The van der Waals surface area contributed by atoms with E-state index in [4.69, 9.17) is 0 Å². The molecule has 0 radical (unpaired) electrons. The van der Waals surface area contributed by atoms with Gasteiger partial charge in [0.1, 0.15) is 0 Å². The lowest BCUT2D eigenvalue weighted by atomic mass is 10.0. The molecule has 3 heteroatoms. The van der Waals surface area contributed by atoms with E-state index in [2.05, 4.69) is 10.3 Å². The molecule has 1 aromatic heterocycles. The molecular formula is C12H18N2O. The summed E-state index contributed by atoms with van der Waals surface area (Å²) in [5.41, 5.74) is 1.26. The Balaban J connectivity index is 1.83. The number of hydrogen-bond acceptors (Lipinski definition) is 3. The molecule has 0 saturated heterocycles. The maximum absolute atomic E-state index is 9.18. The SMILES string of the molecule is OCC1CCCC1NCc1ccncc1. The smallest absolute Gasteiger partial charge is 0.0474 e. The number of hydrogen-bond donors (Lipinski definition) is 2. The Bertz CT molecular complexity index is 289. The first-order valence-corrected chi connectivity index (χ1v) is 5.63. The minimum absolute atomic E-state index is 0.314. The fraction of sp³-hybridized carbons (Fsp3) is 0.583. The number of rotatable bonds is 4. The first-order valence-electron chi connectivity index (χ1n) is 5.63. The highest BCUT2D eigenvalue weighted by molar-refractivity contribution is 5.09. The molecule has 2 N–H and O–H groups in total. The van der Waals surface area contributed by atoms with E-state index >= 15 is 0 Å². The second-order valence-electron chi connectivity index (χ2n) is 4.22. The topological polar surface area (TPSA) is 45.1 Å². The largest absolute Gasteiger partial charge is 0.396 e. The van der Waals surface area contributed by atoms with Crippen molar-refractivity contribution in [3.05, 3.63) is 30.1 Å². The summed E-state index contributed by atoms with van der Waals surface area (Å²) in [6, 6.07) is 4.54. The van der Waals surface area contributed by atoms with Crippen LogP contribution in [0, 0.1) is 5.92 Å². The molecule has 0 aromatic carbocycles. The molecule has 1 saturated carbocycles. The predicted molar refractivity (Wildman–Crippen MR) is 59.3 cm³/mol. The van der Waals surface area contributed by atoms with Gasteiger partial charge in [-0.25, -0.2) is 0 Å². The van der Waals surface area contributed by atoms with Crippen LogP contribution in [-0.2, 0) is 6.54 Å². The normalized spacial score (nSPS) is 25.7. The van der Waals surface area contributed by atoms with Gasteiger partial charge in [-0.05, 0) is 36.5 Å². The molecule has 0 aliphatic heterocycles. The van der Waals surface area contributed by atoms with Crippen LogP contribution in [0.1, 0.15) is 24.8 Å². The summed E-state index contributed by atoms with van der Waals surface area (Å²) in [6.07, 6.45) is 7.21. The van der Waals surface area contributed by atoms with Crippen molar-refractivity contribution in [1.82, 2.24) is 10.3 Å². The molecule has 0 spiro atoms. The van der Waals surface area contributed by atoms with Crippen LogP contribution in [0.3, 0.4) is 0 Å². The average Bonchev–Trinajstić information content (AvgIpc) is 2.75. The van der Waals surface area contributed by atoms with E-state index in [0.717, 1.165) is 13.0 Å². The lowest BCUT2D eigenvalue weighted by molar-refractivity contribution is 0.205. The number of pyridine rings is 1. The number of nitrogens with zero attached hydrogens (tertiary/aromatic N) is 1. The molecule has 1 aliphatic carbocycles. The van der Waals surface area contributed by atoms with E-state index in [1.54, 1.807) is 0 Å². The summed E-state index contributed by atoms with van der Waals surface area (Å²) in [5, 5.41) is 12.7. The van der Waals surface area contributed by atoms with Crippen LogP contribution in [0.25, 0.3) is 0 Å². The Morgan fingerprint density at radius 2 is 2.13 bits per heavy atom. The lowest BCUT2D eigenvalue weighted by Gasteiger charge is -2.18. The Kier molecular flexibility index (Phi) is 3.69. The third-order valence-corrected chi connectivity index (χ3v) is 3.21. The highest BCUT2D eigenvalue weighted by Gasteiger charge is 2.25. The van der Waals surface area contributed by atoms with Crippen LogP contribution < -0.4 is 5.32 Å². The van der Waals surface area contributed by atoms with Gasteiger partial charge in [0.05, 0.1) is 0 Å². The van der Waals surface area contributed by atoms with Crippen molar-refractivity contribution in [2.45, 2.75) is 31.8 Å². The molecule has 0 amide bonds. The number of nitrogens with one attached hydrogen (secondary N) is 1. The lowest BCUT2D eigenvalue weighted by Crippen LogP contribution is -2.33.